The molecule has 1 atom stereocenters. The molecule has 0 spiro atoms. The molecule has 6 aromatic rings. The van der Waals surface area contributed by atoms with Crippen LogP contribution in [-0.4, -0.2) is 25.9 Å². The number of aromatic nitrogens is 2. The molecule has 0 saturated carbocycles. The van der Waals surface area contributed by atoms with Crippen LogP contribution in [0, 0.1) is 0 Å². The van der Waals surface area contributed by atoms with Gasteiger partial charge in [-0.2, -0.15) is 0 Å². The van der Waals surface area contributed by atoms with E-state index in [4.69, 9.17) is 19.2 Å². The van der Waals surface area contributed by atoms with Gasteiger partial charge >= 0.3 is 0 Å². The number of fused-ring (bicyclic) bond motifs is 1. The van der Waals surface area contributed by atoms with Crippen LogP contribution in [0.25, 0.3) is 11.0 Å². The Morgan fingerprint density at radius 3 is 1.94 bits per heavy atom. The van der Waals surface area contributed by atoms with Crippen molar-refractivity contribution >= 4 is 33.9 Å². The van der Waals surface area contributed by atoms with Gasteiger partial charge < -0.3 is 18.8 Å². The van der Waals surface area contributed by atoms with E-state index < -0.39 is 5.25 Å². The van der Waals surface area contributed by atoms with E-state index in [0.717, 1.165) is 52.1 Å². The third-order valence-electron chi connectivity index (χ3n) is 7.89. The highest BCUT2D eigenvalue weighted by Crippen LogP contribution is 2.30. The number of nitrogens with one attached hydrogen (secondary N) is 1. The number of amides is 2. The number of rotatable bonds is 11. The SMILES string of the molecule is Cn1c(COc2ccc(CC3SC(=O)NC3=O)cc2)nc2ccc(Oc3ccc(Oc4ccc(Cc5ccccc5)cc4)cc3)cc21. The van der Waals surface area contributed by atoms with E-state index >= 15 is 0 Å². The molecule has 0 aliphatic carbocycles. The Labute approximate surface area is 276 Å². The number of imide groups is 1. The van der Waals surface area contributed by atoms with Crippen LogP contribution in [0.15, 0.2) is 121 Å². The predicted octanol–water partition coefficient (Wildman–Crippen LogP) is 8.22. The van der Waals surface area contributed by atoms with Gasteiger partial charge in [0.05, 0.1) is 16.3 Å². The number of carbonyl (C=O) groups excluding carboxylic acids is 2. The van der Waals surface area contributed by atoms with Gasteiger partial charge in [-0.1, -0.05) is 66.4 Å². The van der Waals surface area contributed by atoms with Gasteiger partial charge in [0.25, 0.3) is 5.24 Å². The van der Waals surface area contributed by atoms with Crippen LogP contribution in [0.3, 0.4) is 0 Å². The number of thioether (sulfide) groups is 1. The lowest BCUT2D eigenvalue weighted by Crippen LogP contribution is -2.25. The predicted molar refractivity (Wildman–Crippen MR) is 182 cm³/mol. The molecule has 2 amide bonds. The fourth-order valence-corrected chi connectivity index (χ4v) is 6.24. The number of carbonyl (C=O) groups is 2. The third-order valence-corrected chi connectivity index (χ3v) is 8.88. The lowest BCUT2D eigenvalue weighted by Gasteiger charge is -2.10. The standard InChI is InChI=1S/C38H31N3O5S/c1-41-34-23-32(46-31-17-15-30(16-18-31)45-29-13-9-26(10-14-29)21-25-5-3-2-4-6-25)19-20-33(34)39-36(41)24-44-28-11-7-27(8-12-28)22-35-37(42)40-38(43)47-35/h2-20,23,35H,21-22,24H2,1H3,(H,40,42,43). The fourth-order valence-electron chi connectivity index (χ4n) is 5.38. The first-order chi connectivity index (χ1) is 22.9. The second-order valence-electron chi connectivity index (χ2n) is 11.2. The highest BCUT2D eigenvalue weighted by Gasteiger charge is 2.31. The Morgan fingerprint density at radius 2 is 1.28 bits per heavy atom. The van der Waals surface area contributed by atoms with Gasteiger partial charge in [0.1, 0.15) is 41.2 Å². The molecule has 1 fully saturated rings. The summed E-state index contributed by atoms with van der Waals surface area (Å²) in [7, 11) is 1.95. The molecule has 0 bridgehead atoms. The summed E-state index contributed by atoms with van der Waals surface area (Å²) in [5, 5.41) is 1.64. The fraction of sp³-hybridized carbons (Fsp3) is 0.132. The molecule has 8 nitrogen and oxygen atoms in total. The van der Waals surface area contributed by atoms with Gasteiger partial charge in [-0.25, -0.2) is 4.98 Å². The summed E-state index contributed by atoms with van der Waals surface area (Å²) in [5.41, 5.74) is 5.24. The second-order valence-corrected chi connectivity index (χ2v) is 12.4. The average molecular weight is 642 g/mol. The maximum absolute atomic E-state index is 11.8. The van der Waals surface area contributed by atoms with Crippen molar-refractivity contribution in [1.82, 2.24) is 14.9 Å². The largest absolute Gasteiger partial charge is 0.486 e. The van der Waals surface area contributed by atoms with Crippen molar-refractivity contribution in [2.24, 2.45) is 7.05 Å². The van der Waals surface area contributed by atoms with E-state index in [1.54, 1.807) is 0 Å². The molecule has 2 heterocycles. The summed E-state index contributed by atoms with van der Waals surface area (Å²) in [6.45, 7) is 0.285. The minimum Gasteiger partial charge on any atom is -0.486 e. The number of hydrogen-bond donors (Lipinski definition) is 1. The van der Waals surface area contributed by atoms with Crippen LogP contribution in [0.1, 0.15) is 22.5 Å². The summed E-state index contributed by atoms with van der Waals surface area (Å²) >= 11 is 1.03. The summed E-state index contributed by atoms with van der Waals surface area (Å²) in [5.74, 6) is 4.12. The quantitative estimate of drug-likeness (QED) is 0.152. The third kappa shape index (κ3) is 7.31. The molecular weight excluding hydrogens is 611 g/mol. The minimum absolute atomic E-state index is 0.240. The van der Waals surface area contributed by atoms with Crippen molar-refractivity contribution in [2.45, 2.75) is 24.7 Å². The average Bonchev–Trinajstić information content (AvgIpc) is 3.58. The van der Waals surface area contributed by atoms with E-state index in [-0.39, 0.29) is 17.8 Å². The van der Waals surface area contributed by atoms with Crippen LogP contribution in [0.2, 0.25) is 0 Å². The summed E-state index contributed by atoms with van der Waals surface area (Å²) in [6.07, 6.45) is 1.37. The topological polar surface area (TPSA) is 91.7 Å². The molecule has 9 heteroatoms. The molecule has 234 valence electrons. The van der Waals surface area contributed by atoms with Gasteiger partial charge in [-0.05, 0) is 90.2 Å². The molecule has 5 aromatic carbocycles. The van der Waals surface area contributed by atoms with Gasteiger partial charge in [-0.15, -0.1) is 0 Å². The number of imidazole rings is 1. The number of hydrogen-bond acceptors (Lipinski definition) is 7. The molecule has 1 aliphatic rings. The van der Waals surface area contributed by atoms with E-state index in [1.807, 2.05) is 96.5 Å². The highest BCUT2D eigenvalue weighted by atomic mass is 32.2. The van der Waals surface area contributed by atoms with Crippen LogP contribution in [-0.2, 0) is 31.3 Å². The minimum atomic E-state index is -0.393. The zero-order chi connectivity index (χ0) is 32.2. The lowest BCUT2D eigenvalue weighted by atomic mass is 10.1. The monoisotopic (exact) mass is 641 g/mol. The number of nitrogens with zero attached hydrogens (tertiary/aromatic N) is 2. The van der Waals surface area contributed by atoms with Gasteiger partial charge in [0.15, 0.2) is 0 Å². The Balaban J connectivity index is 0.937. The molecule has 1 aromatic heterocycles. The molecule has 1 saturated heterocycles. The van der Waals surface area contributed by atoms with Crippen molar-refractivity contribution in [1.29, 1.82) is 0 Å². The molecule has 1 N–H and O–H groups in total. The van der Waals surface area contributed by atoms with Crippen molar-refractivity contribution in [2.75, 3.05) is 0 Å². The smallest absolute Gasteiger partial charge is 0.286 e. The number of benzene rings is 5. The van der Waals surface area contributed by atoms with Crippen molar-refractivity contribution in [3.8, 4) is 28.7 Å². The normalized spacial score (nSPS) is 14.3. The Kier molecular flexibility index (Phi) is 8.62. The Morgan fingerprint density at radius 1 is 0.702 bits per heavy atom. The van der Waals surface area contributed by atoms with Crippen LogP contribution in [0.5, 0.6) is 28.7 Å². The number of aryl methyl sites for hydroxylation is 1. The zero-order valence-corrected chi connectivity index (χ0v) is 26.4. The van der Waals surface area contributed by atoms with Crippen molar-refractivity contribution in [3.05, 3.63) is 144 Å². The van der Waals surface area contributed by atoms with Gasteiger partial charge in [0, 0.05) is 13.1 Å². The molecule has 47 heavy (non-hydrogen) atoms. The van der Waals surface area contributed by atoms with E-state index in [0.29, 0.717) is 23.7 Å². The Bertz CT molecular complexity index is 2030. The van der Waals surface area contributed by atoms with Crippen molar-refractivity contribution < 1.29 is 23.8 Å². The van der Waals surface area contributed by atoms with Gasteiger partial charge in [0.2, 0.25) is 5.91 Å². The Hall–Kier alpha value is -5.54. The highest BCUT2D eigenvalue weighted by molar-refractivity contribution is 8.15. The molecule has 1 unspecified atom stereocenters. The van der Waals surface area contributed by atoms with E-state index in [1.165, 1.54) is 11.1 Å². The molecule has 7 rings (SSSR count). The van der Waals surface area contributed by atoms with Crippen LogP contribution in [0.4, 0.5) is 4.79 Å². The van der Waals surface area contributed by atoms with E-state index in [2.05, 4.69) is 41.7 Å². The first-order valence-corrected chi connectivity index (χ1v) is 16.1. The molecule has 1 aliphatic heterocycles. The van der Waals surface area contributed by atoms with E-state index in [9.17, 15) is 9.59 Å². The molecule has 0 radical (unpaired) electrons. The summed E-state index contributed by atoms with van der Waals surface area (Å²) in [4.78, 5) is 28.0. The maximum atomic E-state index is 11.8. The van der Waals surface area contributed by atoms with Crippen LogP contribution < -0.4 is 19.5 Å². The first kappa shape index (κ1) is 30.1. The second kappa shape index (κ2) is 13.4. The first-order valence-electron chi connectivity index (χ1n) is 15.2. The number of ether oxygens (including phenoxy) is 3. The molecular formula is C38H31N3O5S. The maximum Gasteiger partial charge on any atom is 0.286 e. The van der Waals surface area contributed by atoms with Crippen LogP contribution >= 0.6 is 11.8 Å². The van der Waals surface area contributed by atoms with Crippen molar-refractivity contribution in [3.63, 3.8) is 0 Å². The summed E-state index contributed by atoms with van der Waals surface area (Å²) < 4.78 is 20.2. The lowest BCUT2D eigenvalue weighted by molar-refractivity contribution is -0.118. The van der Waals surface area contributed by atoms with Gasteiger partial charge in [-0.3, -0.25) is 14.9 Å². The zero-order valence-electron chi connectivity index (χ0n) is 25.6. The summed E-state index contributed by atoms with van der Waals surface area (Å²) in [6, 6.07) is 39.5.